The Morgan fingerprint density at radius 2 is 1.68 bits per heavy atom. The van der Waals surface area contributed by atoms with Crippen LogP contribution in [0.4, 0.5) is 0 Å². The van der Waals surface area contributed by atoms with E-state index >= 15 is 0 Å². The van der Waals surface area contributed by atoms with Gasteiger partial charge in [-0.05, 0) is 71.1 Å². The van der Waals surface area contributed by atoms with Crippen LogP contribution in [-0.2, 0) is 0 Å². The maximum absolute atomic E-state index is 11.0. The van der Waals surface area contributed by atoms with Crippen LogP contribution in [0.3, 0.4) is 0 Å². The fourth-order valence-electron chi connectivity index (χ4n) is 4.08. The summed E-state index contributed by atoms with van der Waals surface area (Å²) in [5, 5.41) is 28.3. The van der Waals surface area contributed by atoms with Crippen LogP contribution in [0.25, 0.3) is 5.70 Å². The number of amidine groups is 1. The van der Waals surface area contributed by atoms with Crippen LogP contribution in [0.15, 0.2) is 52.3 Å². The van der Waals surface area contributed by atoms with Crippen molar-refractivity contribution in [3.8, 4) is 5.75 Å². The fourth-order valence-corrected chi connectivity index (χ4v) is 4.08. The van der Waals surface area contributed by atoms with Gasteiger partial charge in [0.1, 0.15) is 5.75 Å². The molecule has 0 atom stereocenters. The quantitative estimate of drug-likeness (QED) is 0.281. The molecule has 1 aromatic carbocycles. The van der Waals surface area contributed by atoms with E-state index in [1.54, 1.807) is 0 Å². The largest absolute Gasteiger partial charge is 0.507 e. The Labute approximate surface area is 203 Å². The highest BCUT2D eigenvalue weighted by Gasteiger charge is 2.19. The summed E-state index contributed by atoms with van der Waals surface area (Å²) < 4.78 is 0. The Hall–Kier alpha value is -3.55. The molecule has 8 N–H and O–H groups in total. The summed E-state index contributed by atoms with van der Waals surface area (Å²) >= 11 is 0. The van der Waals surface area contributed by atoms with Gasteiger partial charge in [0.2, 0.25) is 0 Å². The number of rotatable bonds is 5. The van der Waals surface area contributed by atoms with Gasteiger partial charge in [0, 0.05) is 53.4 Å². The van der Waals surface area contributed by atoms with Gasteiger partial charge in [0.25, 0.3) is 0 Å². The van der Waals surface area contributed by atoms with Crippen molar-refractivity contribution in [3.63, 3.8) is 0 Å². The third-order valence-electron chi connectivity index (χ3n) is 5.98. The van der Waals surface area contributed by atoms with Gasteiger partial charge < -0.3 is 26.8 Å². The second kappa shape index (κ2) is 12.1. The number of aromatic hydroxyl groups is 1. The van der Waals surface area contributed by atoms with Gasteiger partial charge in [-0.3, -0.25) is 15.8 Å². The van der Waals surface area contributed by atoms with Gasteiger partial charge in [0.05, 0.1) is 5.84 Å². The minimum Gasteiger partial charge on any atom is -0.507 e. The number of nitrogens with one attached hydrogen (secondary N) is 3. The number of hydrogen-bond donors (Lipinski definition) is 6. The zero-order valence-electron chi connectivity index (χ0n) is 20.9. The summed E-state index contributed by atoms with van der Waals surface area (Å²) in [5.41, 5.74) is 17.9. The number of phenolic OH excluding ortho intramolecular Hbond substituents is 1. The Kier molecular flexibility index (Phi) is 9.47. The normalized spacial score (nSPS) is 16.6. The third kappa shape index (κ3) is 7.23. The molecule has 8 nitrogen and oxygen atoms in total. The lowest BCUT2D eigenvalue weighted by Crippen LogP contribution is -2.40. The number of aliphatic imine (C=N–C) groups is 1. The van der Waals surface area contributed by atoms with Crippen LogP contribution < -0.4 is 16.8 Å². The molecule has 8 heteroatoms. The first-order valence-corrected chi connectivity index (χ1v) is 11.6. The molecule has 0 saturated heterocycles. The number of nitrogens with two attached hydrogens (primary N) is 2. The van der Waals surface area contributed by atoms with Crippen LogP contribution in [0.1, 0.15) is 70.9 Å². The smallest absolute Gasteiger partial charge is 0.188 e. The van der Waals surface area contributed by atoms with E-state index in [2.05, 4.69) is 18.8 Å². The summed E-state index contributed by atoms with van der Waals surface area (Å²) in [4.78, 5) is 6.64. The molecule has 0 unspecified atom stereocenters. The molecule has 3 rings (SSSR count). The summed E-state index contributed by atoms with van der Waals surface area (Å²) in [7, 11) is 0. The molecule has 0 spiro atoms. The topological polar surface area (TPSA) is 148 Å². The molecule has 184 valence electrons. The lowest BCUT2D eigenvalue weighted by molar-refractivity contribution is 0.422. The van der Waals surface area contributed by atoms with E-state index in [1.165, 1.54) is 31.0 Å². The molecule has 2 aliphatic rings. The molecule has 0 radical (unpaired) electrons. The van der Waals surface area contributed by atoms with Crippen molar-refractivity contribution < 1.29 is 5.11 Å². The second-order valence-corrected chi connectivity index (χ2v) is 8.94. The van der Waals surface area contributed by atoms with Crippen LogP contribution in [0.5, 0.6) is 5.75 Å². The lowest BCUT2D eigenvalue weighted by atomic mass is 9.96. The Balaban J connectivity index is 0.000000945. The highest BCUT2D eigenvalue weighted by Crippen LogP contribution is 2.31. The molecule has 1 aliphatic carbocycles. The minimum atomic E-state index is 0.0915. The molecular formula is C26H39N7O. The molecule has 1 heterocycles. The molecule has 0 fully saturated rings. The van der Waals surface area contributed by atoms with E-state index in [0.29, 0.717) is 29.9 Å². The number of benzene rings is 1. The average molecular weight is 466 g/mol. The maximum Gasteiger partial charge on any atom is 0.188 e. The molecule has 0 amide bonds. The van der Waals surface area contributed by atoms with Crippen LogP contribution in [0, 0.1) is 10.8 Å². The zero-order chi connectivity index (χ0) is 25.4. The van der Waals surface area contributed by atoms with Crippen molar-refractivity contribution in [2.45, 2.75) is 59.8 Å². The number of allylic oxidation sites excluding steroid dienone is 2. The van der Waals surface area contributed by atoms with Crippen LogP contribution >= 0.6 is 0 Å². The third-order valence-corrected chi connectivity index (χ3v) is 5.98. The molecule has 1 aliphatic heterocycles. The molecule has 1 aromatic rings. The lowest BCUT2D eigenvalue weighted by Gasteiger charge is -2.28. The number of nitrogens with zero attached hydrogens (tertiary/aromatic N) is 2. The standard InChI is InChI=1S/C24H33N5O.C2H6N2/c1-15-8-5-6-11-21(15)27-17(3)19-9-7-10-20(23(19)30)18(4)28-22-12-13-29(24(25)26)14-16(22)2;1-2(3)4/h7,9-10,27,30H,3,5-6,8,11-14H2,1-2,4H3,(H3,25,26);1H3,(H3,3,4). The summed E-state index contributed by atoms with van der Waals surface area (Å²) in [5.74, 6) is 0.457. The van der Waals surface area contributed by atoms with Crippen LogP contribution in [0.2, 0.25) is 0 Å². The van der Waals surface area contributed by atoms with Gasteiger partial charge in [-0.25, -0.2) is 0 Å². The summed E-state index contributed by atoms with van der Waals surface area (Å²) in [6, 6.07) is 5.70. The van der Waals surface area contributed by atoms with E-state index in [4.69, 9.17) is 27.3 Å². The molecular weight excluding hydrogens is 426 g/mol. The van der Waals surface area contributed by atoms with Crippen molar-refractivity contribution in [2.24, 2.45) is 16.5 Å². The summed E-state index contributed by atoms with van der Waals surface area (Å²) in [6.45, 7) is 13.1. The summed E-state index contributed by atoms with van der Waals surface area (Å²) in [6.07, 6.45) is 5.28. The van der Waals surface area contributed by atoms with Gasteiger partial charge in [-0.2, -0.15) is 0 Å². The Bertz CT molecular complexity index is 1050. The average Bonchev–Trinajstić information content (AvgIpc) is 2.76. The zero-order valence-corrected chi connectivity index (χ0v) is 20.9. The van der Waals surface area contributed by atoms with Gasteiger partial charge in [-0.1, -0.05) is 18.2 Å². The molecule has 34 heavy (non-hydrogen) atoms. The SMILES string of the molecule is C=C(NC1=C(C)CCCC1)c1cccc(C(C)=NC2=C(C)CN(C(=N)N)CC2)c1O.CC(=N)N. The predicted octanol–water partition coefficient (Wildman–Crippen LogP) is 4.42. The van der Waals surface area contributed by atoms with Gasteiger partial charge in [0.15, 0.2) is 5.96 Å². The fraction of sp³-hybridized carbons (Fsp3) is 0.423. The first-order chi connectivity index (χ1) is 16.0. The van der Waals surface area contributed by atoms with Crippen molar-refractivity contribution in [1.82, 2.24) is 10.2 Å². The number of phenols is 1. The number of hydrogen-bond acceptors (Lipinski definition) is 5. The van der Waals surface area contributed by atoms with Crippen molar-refractivity contribution in [3.05, 3.63) is 58.4 Å². The number of guanidine groups is 1. The molecule has 0 bridgehead atoms. The van der Waals surface area contributed by atoms with Gasteiger partial charge in [-0.15, -0.1) is 0 Å². The maximum atomic E-state index is 11.0. The van der Waals surface area contributed by atoms with E-state index in [9.17, 15) is 5.11 Å². The number of para-hydroxylation sites is 1. The van der Waals surface area contributed by atoms with E-state index < -0.39 is 0 Å². The predicted molar refractivity (Wildman–Crippen MR) is 142 cm³/mol. The highest BCUT2D eigenvalue weighted by molar-refractivity contribution is 6.02. The highest BCUT2D eigenvalue weighted by atomic mass is 16.3. The Morgan fingerprint density at radius 1 is 1.06 bits per heavy atom. The second-order valence-electron chi connectivity index (χ2n) is 8.94. The molecule has 0 saturated carbocycles. The van der Waals surface area contributed by atoms with Gasteiger partial charge >= 0.3 is 0 Å². The van der Waals surface area contributed by atoms with Crippen molar-refractivity contribution in [1.29, 1.82) is 10.8 Å². The van der Waals surface area contributed by atoms with Crippen molar-refractivity contribution >= 4 is 23.2 Å². The van der Waals surface area contributed by atoms with E-state index in [0.717, 1.165) is 36.2 Å². The van der Waals surface area contributed by atoms with E-state index in [-0.39, 0.29) is 17.5 Å². The first kappa shape index (κ1) is 26.7. The van der Waals surface area contributed by atoms with Crippen LogP contribution in [-0.4, -0.2) is 40.6 Å². The monoisotopic (exact) mass is 465 g/mol. The molecule has 0 aromatic heterocycles. The Morgan fingerprint density at radius 3 is 2.26 bits per heavy atom. The first-order valence-electron chi connectivity index (χ1n) is 11.6. The van der Waals surface area contributed by atoms with E-state index in [1.807, 2.05) is 36.9 Å². The minimum absolute atomic E-state index is 0.0915. The van der Waals surface area contributed by atoms with Crippen molar-refractivity contribution in [2.75, 3.05) is 13.1 Å².